The minimum Gasteiger partial charge on any atom is -0.392 e. The highest BCUT2D eigenvalue weighted by Crippen LogP contribution is 2.15. The summed E-state index contributed by atoms with van der Waals surface area (Å²) in [6.07, 6.45) is 1.40. The van der Waals surface area contributed by atoms with Gasteiger partial charge in [0.1, 0.15) is 17.2 Å². The highest BCUT2D eigenvalue weighted by atomic mass is 32.1. The first-order valence-corrected chi connectivity index (χ1v) is 7.13. The van der Waals surface area contributed by atoms with Gasteiger partial charge in [0.15, 0.2) is 0 Å². The average molecular weight is 313 g/mol. The van der Waals surface area contributed by atoms with Crippen LogP contribution in [0, 0.1) is 11.6 Å². The summed E-state index contributed by atoms with van der Waals surface area (Å²) in [5.41, 5.74) is 4.96. The van der Waals surface area contributed by atoms with Gasteiger partial charge in [-0.15, -0.1) is 0 Å². The van der Waals surface area contributed by atoms with E-state index in [0.717, 1.165) is 25.2 Å². The molecule has 7 heteroatoms. The summed E-state index contributed by atoms with van der Waals surface area (Å²) in [5.74, 6) is -2.41. The highest BCUT2D eigenvalue weighted by molar-refractivity contribution is 7.80. The molecule has 1 aliphatic rings. The smallest absolute Gasteiger partial charge is 0.257 e. The van der Waals surface area contributed by atoms with Crippen LogP contribution in [-0.2, 0) is 0 Å². The van der Waals surface area contributed by atoms with Crippen molar-refractivity contribution in [3.63, 3.8) is 0 Å². The molecule has 0 aliphatic carbocycles. The van der Waals surface area contributed by atoms with E-state index in [1.165, 1.54) is 6.07 Å². The number of nitrogens with two attached hydrogens (primary N) is 1. The van der Waals surface area contributed by atoms with Crippen molar-refractivity contribution in [1.82, 2.24) is 10.2 Å². The van der Waals surface area contributed by atoms with E-state index < -0.39 is 23.1 Å². The molecule has 0 radical (unpaired) electrons. The summed E-state index contributed by atoms with van der Waals surface area (Å²) in [6.45, 7) is 2.03. The summed E-state index contributed by atoms with van der Waals surface area (Å²) in [4.78, 5) is 14.5. The van der Waals surface area contributed by atoms with Crippen molar-refractivity contribution in [3.8, 4) is 0 Å². The lowest BCUT2D eigenvalue weighted by Gasteiger charge is -2.32. The number of halogens is 2. The number of nitrogens with one attached hydrogen (secondary N) is 1. The lowest BCUT2D eigenvalue weighted by molar-refractivity contribution is 0.0906. The van der Waals surface area contributed by atoms with Crippen LogP contribution in [-0.4, -0.2) is 41.5 Å². The minimum absolute atomic E-state index is 0.0981. The van der Waals surface area contributed by atoms with Crippen LogP contribution in [0.2, 0.25) is 0 Å². The zero-order valence-electron chi connectivity index (χ0n) is 11.4. The molecule has 1 saturated heterocycles. The second-order valence-electron chi connectivity index (χ2n) is 5.09. The van der Waals surface area contributed by atoms with E-state index in [4.69, 9.17) is 18.0 Å². The summed E-state index contributed by atoms with van der Waals surface area (Å²) in [6, 6.07) is 3.28. The Labute approximate surface area is 127 Å². The van der Waals surface area contributed by atoms with Crippen LogP contribution in [0.4, 0.5) is 8.78 Å². The van der Waals surface area contributed by atoms with E-state index in [-0.39, 0.29) is 6.04 Å². The van der Waals surface area contributed by atoms with E-state index in [0.29, 0.717) is 24.4 Å². The quantitative estimate of drug-likeness (QED) is 0.826. The molecule has 0 unspecified atom stereocenters. The number of piperidine rings is 1. The van der Waals surface area contributed by atoms with Crippen LogP contribution in [0.3, 0.4) is 0 Å². The van der Waals surface area contributed by atoms with Gasteiger partial charge in [-0.25, -0.2) is 8.78 Å². The second-order valence-corrected chi connectivity index (χ2v) is 5.61. The molecule has 114 valence electrons. The predicted molar refractivity (Wildman–Crippen MR) is 80.1 cm³/mol. The largest absolute Gasteiger partial charge is 0.392 e. The molecular weight excluding hydrogens is 296 g/mol. The molecule has 0 atom stereocenters. The van der Waals surface area contributed by atoms with Crippen molar-refractivity contribution >= 4 is 23.1 Å². The van der Waals surface area contributed by atoms with Crippen molar-refractivity contribution in [3.05, 3.63) is 35.4 Å². The number of nitrogens with zero attached hydrogens (tertiary/aromatic N) is 1. The topological polar surface area (TPSA) is 58.4 Å². The Morgan fingerprint density at radius 1 is 1.33 bits per heavy atom. The van der Waals surface area contributed by atoms with Gasteiger partial charge in [0.25, 0.3) is 5.91 Å². The lowest BCUT2D eigenvalue weighted by Crippen LogP contribution is -2.46. The van der Waals surface area contributed by atoms with E-state index >= 15 is 0 Å². The average Bonchev–Trinajstić information content (AvgIpc) is 2.40. The summed E-state index contributed by atoms with van der Waals surface area (Å²) in [7, 11) is 0. The molecule has 4 nitrogen and oxygen atoms in total. The first-order chi connectivity index (χ1) is 9.97. The van der Waals surface area contributed by atoms with Gasteiger partial charge in [-0.05, 0) is 25.0 Å². The first-order valence-electron chi connectivity index (χ1n) is 6.73. The van der Waals surface area contributed by atoms with E-state index in [2.05, 4.69) is 10.2 Å². The first kappa shape index (κ1) is 15.8. The number of hydrogen-bond donors (Lipinski definition) is 2. The van der Waals surface area contributed by atoms with Gasteiger partial charge in [-0.1, -0.05) is 18.3 Å². The van der Waals surface area contributed by atoms with Gasteiger partial charge in [-0.3, -0.25) is 9.69 Å². The maximum atomic E-state index is 13.5. The van der Waals surface area contributed by atoms with Crippen molar-refractivity contribution in [1.29, 1.82) is 0 Å². The Bertz CT molecular complexity index is 525. The van der Waals surface area contributed by atoms with E-state index in [9.17, 15) is 13.6 Å². The minimum atomic E-state index is -0.849. The van der Waals surface area contributed by atoms with E-state index in [1.807, 2.05) is 0 Å². The van der Waals surface area contributed by atoms with Crippen molar-refractivity contribution < 1.29 is 13.6 Å². The molecule has 0 spiro atoms. The van der Waals surface area contributed by atoms with Crippen molar-refractivity contribution in [2.75, 3.05) is 19.6 Å². The maximum Gasteiger partial charge on any atom is 0.257 e. The van der Waals surface area contributed by atoms with Gasteiger partial charge >= 0.3 is 0 Å². The number of benzene rings is 1. The van der Waals surface area contributed by atoms with Crippen LogP contribution in [0.25, 0.3) is 0 Å². The number of hydrogen-bond acceptors (Lipinski definition) is 3. The normalized spacial score (nSPS) is 16.7. The third-order valence-corrected chi connectivity index (χ3v) is 3.62. The third kappa shape index (κ3) is 4.18. The molecule has 1 fully saturated rings. The van der Waals surface area contributed by atoms with Crippen LogP contribution >= 0.6 is 12.2 Å². The summed E-state index contributed by atoms with van der Waals surface area (Å²) < 4.78 is 27.0. The molecule has 1 aliphatic heterocycles. The van der Waals surface area contributed by atoms with Crippen LogP contribution in [0.15, 0.2) is 18.2 Å². The van der Waals surface area contributed by atoms with Crippen molar-refractivity contribution in [2.24, 2.45) is 5.73 Å². The van der Waals surface area contributed by atoms with E-state index in [1.54, 1.807) is 0 Å². The van der Waals surface area contributed by atoms with Gasteiger partial charge in [0.2, 0.25) is 0 Å². The van der Waals surface area contributed by atoms with Crippen LogP contribution < -0.4 is 11.1 Å². The Balaban J connectivity index is 1.92. The highest BCUT2D eigenvalue weighted by Gasteiger charge is 2.24. The number of rotatable bonds is 4. The fraction of sp³-hybridized carbons (Fsp3) is 0.429. The SMILES string of the molecule is NC(=S)CN1CCC(NC(=O)c2c(F)cccc2F)CC1. The Kier molecular flexibility index (Phi) is 5.19. The molecule has 1 aromatic carbocycles. The second kappa shape index (κ2) is 6.91. The Morgan fingerprint density at radius 2 is 1.90 bits per heavy atom. The number of amides is 1. The zero-order chi connectivity index (χ0) is 15.4. The summed E-state index contributed by atoms with van der Waals surface area (Å²) >= 11 is 4.85. The fourth-order valence-electron chi connectivity index (χ4n) is 2.43. The Hall–Kier alpha value is -1.60. The van der Waals surface area contributed by atoms with Gasteiger partial charge in [0, 0.05) is 25.7 Å². The van der Waals surface area contributed by atoms with Gasteiger partial charge < -0.3 is 11.1 Å². The monoisotopic (exact) mass is 313 g/mol. The standard InChI is InChI=1S/C14H17F2N3OS/c15-10-2-1-3-11(16)13(10)14(20)18-9-4-6-19(7-5-9)8-12(17)21/h1-3,9H,4-8H2,(H2,17,21)(H,18,20). The van der Waals surface area contributed by atoms with Crippen molar-refractivity contribution in [2.45, 2.75) is 18.9 Å². The molecule has 0 bridgehead atoms. The number of carbonyl (C=O) groups excluding carboxylic acids is 1. The molecule has 0 aromatic heterocycles. The van der Waals surface area contributed by atoms with Gasteiger partial charge in [0.05, 0.1) is 4.99 Å². The molecule has 3 N–H and O–H groups in total. The maximum absolute atomic E-state index is 13.5. The van der Waals surface area contributed by atoms with Gasteiger partial charge in [-0.2, -0.15) is 0 Å². The zero-order valence-corrected chi connectivity index (χ0v) is 12.3. The van der Waals surface area contributed by atoms with Crippen LogP contribution in [0.5, 0.6) is 0 Å². The molecular formula is C14H17F2N3OS. The number of thiocarbonyl (C=S) groups is 1. The molecule has 2 rings (SSSR count). The molecule has 1 heterocycles. The Morgan fingerprint density at radius 3 is 2.43 bits per heavy atom. The lowest BCUT2D eigenvalue weighted by atomic mass is 10.0. The molecule has 1 amide bonds. The number of carbonyl (C=O) groups is 1. The molecule has 21 heavy (non-hydrogen) atoms. The molecule has 1 aromatic rings. The fourth-order valence-corrected chi connectivity index (χ4v) is 2.61. The van der Waals surface area contributed by atoms with Crippen LogP contribution in [0.1, 0.15) is 23.2 Å². The number of likely N-dealkylation sites (tertiary alicyclic amines) is 1. The third-order valence-electron chi connectivity index (χ3n) is 3.49. The predicted octanol–water partition coefficient (Wildman–Crippen LogP) is 1.45. The summed E-state index contributed by atoms with van der Waals surface area (Å²) in [5, 5.41) is 2.68. The molecule has 0 saturated carbocycles.